The van der Waals surface area contributed by atoms with Crippen LogP contribution >= 0.6 is 0 Å². The Hall–Kier alpha value is -1.26. The molecule has 1 fully saturated rings. The minimum atomic E-state index is -0.872. The molecule has 0 bridgehead atoms. The molecule has 1 saturated heterocycles. The van der Waals surface area contributed by atoms with Gasteiger partial charge in [-0.15, -0.1) is 0 Å². The zero-order valence-electron chi connectivity index (χ0n) is 8.86. The van der Waals surface area contributed by atoms with Gasteiger partial charge in [-0.05, 0) is 6.42 Å². The normalized spacial score (nSPS) is 19.5. The second-order valence-corrected chi connectivity index (χ2v) is 3.40. The predicted molar refractivity (Wildman–Crippen MR) is 51.3 cm³/mol. The molecule has 0 radical (unpaired) electrons. The molecule has 0 aliphatic carbocycles. The summed E-state index contributed by atoms with van der Waals surface area (Å²) in [6, 6.07) is 0. The summed E-state index contributed by atoms with van der Waals surface area (Å²) >= 11 is 0. The van der Waals surface area contributed by atoms with E-state index in [9.17, 15) is 9.59 Å². The summed E-state index contributed by atoms with van der Waals surface area (Å²) in [5.74, 6) is -0.516. The second kappa shape index (κ2) is 6.27. The number of carbonyl (C=O) groups excluding carboxylic acids is 2. The lowest BCUT2D eigenvalue weighted by Gasteiger charge is -2.06. The van der Waals surface area contributed by atoms with Gasteiger partial charge < -0.3 is 14.2 Å². The molecule has 0 spiro atoms. The first-order chi connectivity index (χ1) is 7.24. The van der Waals surface area contributed by atoms with Crippen LogP contribution < -0.4 is 0 Å². The Labute approximate surface area is 88.7 Å². The van der Waals surface area contributed by atoms with Gasteiger partial charge in [0.1, 0.15) is 6.61 Å². The number of hydrogen-bond donors (Lipinski definition) is 0. The average Bonchev–Trinajstić information content (AvgIpc) is 2.64. The molecule has 5 heteroatoms. The third-order valence-corrected chi connectivity index (χ3v) is 2.10. The standard InChI is InChI=1S/C10H16O5/c1-2-3-4-5-6-13-9(11)8-7-14-10(12)15-8/h8H,2-7H2,1H3. The predicted octanol–water partition coefficient (Wildman–Crippen LogP) is 1.65. The fourth-order valence-corrected chi connectivity index (χ4v) is 1.24. The number of unbranched alkanes of at least 4 members (excludes halogenated alkanes) is 3. The first-order valence-corrected chi connectivity index (χ1v) is 5.24. The topological polar surface area (TPSA) is 61.8 Å². The maximum atomic E-state index is 11.2. The van der Waals surface area contributed by atoms with E-state index in [1.165, 1.54) is 0 Å². The molecule has 1 heterocycles. The van der Waals surface area contributed by atoms with Crippen molar-refractivity contribution in [3.8, 4) is 0 Å². The SMILES string of the molecule is CCCCCCOC(=O)C1COC(=O)O1. The molecule has 15 heavy (non-hydrogen) atoms. The van der Waals surface area contributed by atoms with Crippen LogP contribution in [0.15, 0.2) is 0 Å². The highest BCUT2D eigenvalue weighted by Gasteiger charge is 2.32. The van der Waals surface area contributed by atoms with E-state index in [2.05, 4.69) is 16.4 Å². The van der Waals surface area contributed by atoms with Crippen molar-refractivity contribution in [2.75, 3.05) is 13.2 Å². The Balaban J connectivity index is 2.06. The van der Waals surface area contributed by atoms with Gasteiger partial charge >= 0.3 is 12.1 Å². The van der Waals surface area contributed by atoms with Crippen LogP contribution in [0.2, 0.25) is 0 Å². The van der Waals surface area contributed by atoms with Crippen LogP contribution in [0.5, 0.6) is 0 Å². The maximum Gasteiger partial charge on any atom is 0.509 e. The van der Waals surface area contributed by atoms with E-state index in [4.69, 9.17) is 4.74 Å². The van der Waals surface area contributed by atoms with Crippen LogP contribution in [-0.4, -0.2) is 31.4 Å². The fraction of sp³-hybridized carbons (Fsp3) is 0.800. The summed E-state index contributed by atoms with van der Waals surface area (Å²) in [5.41, 5.74) is 0. The molecule has 1 atom stereocenters. The average molecular weight is 216 g/mol. The number of carbonyl (C=O) groups is 2. The molecule has 1 aliphatic heterocycles. The minimum Gasteiger partial charge on any atom is -0.463 e. The number of rotatable bonds is 6. The van der Waals surface area contributed by atoms with Crippen LogP contribution in [0.4, 0.5) is 4.79 Å². The number of ether oxygens (including phenoxy) is 3. The van der Waals surface area contributed by atoms with Crippen molar-refractivity contribution in [3.05, 3.63) is 0 Å². The first kappa shape index (κ1) is 11.8. The highest BCUT2D eigenvalue weighted by atomic mass is 16.8. The van der Waals surface area contributed by atoms with Crippen molar-refractivity contribution in [3.63, 3.8) is 0 Å². The summed E-state index contributed by atoms with van der Waals surface area (Å²) in [7, 11) is 0. The molecule has 0 aromatic heterocycles. The van der Waals surface area contributed by atoms with Gasteiger partial charge in [0.05, 0.1) is 6.61 Å². The van der Waals surface area contributed by atoms with E-state index in [1.54, 1.807) is 0 Å². The lowest BCUT2D eigenvalue weighted by molar-refractivity contribution is -0.151. The smallest absolute Gasteiger partial charge is 0.463 e. The Morgan fingerprint density at radius 1 is 1.47 bits per heavy atom. The van der Waals surface area contributed by atoms with Crippen LogP contribution in [-0.2, 0) is 19.0 Å². The van der Waals surface area contributed by atoms with Gasteiger partial charge in [0.15, 0.2) is 0 Å². The highest BCUT2D eigenvalue weighted by Crippen LogP contribution is 2.08. The van der Waals surface area contributed by atoms with Gasteiger partial charge in [0, 0.05) is 0 Å². The van der Waals surface area contributed by atoms with Crippen molar-refractivity contribution in [1.29, 1.82) is 0 Å². The van der Waals surface area contributed by atoms with E-state index < -0.39 is 18.2 Å². The van der Waals surface area contributed by atoms with Crippen molar-refractivity contribution in [2.24, 2.45) is 0 Å². The largest absolute Gasteiger partial charge is 0.509 e. The van der Waals surface area contributed by atoms with Crippen LogP contribution in [0.25, 0.3) is 0 Å². The fourth-order valence-electron chi connectivity index (χ4n) is 1.24. The molecular weight excluding hydrogens is 200 g/mol. The monoisotopic (exact) mass is 216 g/mol. The molecule has 0 aromatic carbocycles. The van der Waals surface area contributed by atoms with Crippen molar-refractivity contribution in [1.82, 2.24) is 0 Å². The quantitative estimate of drug-likeness (QED) is 0.499. The molecule has 1 rings (SSSR count). The van der Waals surface area contributed by atoms with Crippen molar-refractivity contribution >= 4 is 12.1 Å². The van der Waals surface area contributed by atoms with E-state index in [-0.39, 0.29) is 6.61 Å². The summed E-state index contributed by atoms with van der Waals surface area (Å²) < 4.78 is 14.0. The molecule has 1 unspecified atom stereocenters. The van der Waals surface area contributed by atoms with Crippen LogP contribution in [0.3, 0.4) is 0 Å². The van der Waals surface area contributed by atoms with Gasteiger partial charge in [-0.25, -0.2) is 9.59 Å². The number of esters is 1. The number of hydrogen-bond acceptors (Lipinski definition) is 5. The highest BCUT2D eigenvalue weighted by molar-refractivity contribution is 5.79. The van der Waals surface area contributed by atoms with Gasteiger partial charge in [-0.1, -0.05) is 26.2 Å². The van der Waals surface area contributed by atoms with E-state index in [1.807, 2.05) is 0 Å². The molecule has 0 aromatic rings. The molecular formula is C10H16O5. The summed E-state index contributed by atoms with van der Waals surface area (Å²) in [6.07, 6.45) is 2.50. The lowest BCUT2D eigenvalue weighted by Crippen LogP contribution is -2.25. The van der Waals surface area contributed by atoms with Crippen LogP contribution in [0, 0.1) is 0 Å². The third kappa shape index (κ3) is 4.18. The molecule has 5 nitrogen and oxygen atoms in total. The van der Waals surface area contributed by atoms with Gasteiger partial charge in [0.25, 0.3) is 0 Å². The van der Waals surface area contributed by atoms with E-state index >= 15 is 0 Å². The Morgan fingerprint density at radius 3 is 2.87 bits per heavy atom. The Kier molecular flexibility index (Phi) is 4.93. The first-order valence-electron chi connectivity index (χ1n) is 5.24. The molecule has 0 amide bonds. The number of cyclic esters (lactones) is 2. The van der Waals surface area contributed by atoms with Gasteiger partial charge in [-0.3, -0.25) is 0 Å². The molecule has 1 aliphatic rings. The van der Waals surface area contributed by atoms with Gasteiger partial charge in [-0.2, -0.15) is 0 Å². The minimum absolute atomic E-state index is 0.0351. The van der Waals surface area contributed by atoms with Gasteiger partial charge in [0.2, 0.25) is 6.10 Å². The maximum absolute atomic E-state index is 11.2. The van der Waals surface area contributed by atoms with Crippen molar-refractivity contribution in [2.45, 2.75) is 38.7 Å². The third-order valence-electron chi connectivity index (χ3n) is 2.10. The lowest BCUT2D eigenvalue weighted by atomic mass is 10.2. The summed E-state index contributed by atoms with van der Waals surface area (Å²) in [4.78, 5) is 21.8. The Bertz CT molecular complexity index is 226. The van der Waals surface area contributed by atoms with E-state index in [0.717, 1.165) is 25.7 Å². The van der Waals surface area contributed by atoms with E-state index in [0.29, 0.717) is 6.61 Å². The molecule has 86 valence electrons. The van der Waals surface area contributed by atoms with Crippen molar-refractivity contribution < 1.29 is 23.8 Å². The zero-order valence-corrected chi connectivity index (χ0v) is 8.86. The zero-order chi connectivity index (χ0) is 11.1. The molecule has 0 N–H and O–H groups in total. The Morgan fingerprint density at radius 2 is 2.27 bits per heavy atom. The summed E-state index contributed by atoms with van der Waals surface area (Å²) in [5, 5.41) is 0. The molecule has 0 saturated carbocycles. The second-order valence-electron chi connectivity index (χ2n) is 3.40. The van der Waals surface area contributed by atoms with Crippen LogP contribution in [0.1, 0.15) is 32.6 Å². The summed E-state index contributed by atoms with van der Waals surface area (Å²) in [6.45, 7) is 2.46.